The summed E-state index contributed by atoms with van der Waals surface area (Å²) in [6, 6.07) is 0.924. The van der Waals surface area contributed by atoms with Crippen LogP contribution in [0.5, 0.6) is 0 Å². The molecule has 0 heterocycles. The molecule has 2 atom stereocenters. The second kappa shape index (κ2) is 6.43. The molecule has 0 saturated heterocycles. The van der Waals surface area contributed by atoms with Crippen LogP contribution in [0.15, 0.2) is 0 Å². The van der Waals surface area contributed by atoms with Crippen molar-refractivity contribution in [2.45, 2.75) is 37.8 Å². The van der Waals surface area contributed by atoms with Crippen molar-refractivity contribution in [3.8, 4) is 0 Å². The second-order valence-electron chi connectivity index (χ2n) is 2.80. The topological polar surface area (TPSA) is 76.0 Å². The highest BCUT2D eigenvalue weighted by molar-refractivity contribution is 7.78. The third-order valence-electron chi connectivity index (χ3n) is 1.97. The third kappa shape index (κ3) is 5.04. The summed E-state index contributed by atoms with van der Waals surface area (Å²) in [6.07, 6.45) is 5.07. The summed E-state index contributed by atoms with van der Waals surface area (Å²) in [5.41, 5.74) is 9.67. The van der Waals surface area contributed by atoms with Crippen molar-refractivity contribution >= 4 is 17.4 Å². The Bertz CT molecular complexity index is 122. The molecule has 0 bridgehead atoms. The molecule has 11 heavy (non-hydrogen) atoms. The SMILES string of the molecule is N[C@H]1CCCC[C@@H]1[NH3+].[N-]=C=S. The minimum atomic E-state index is 0.392. The molecule has 0 unspecified atom stereocenters. The molecule has 4 heteroatoms. The van der Waals surface area contributed by atoms with E-state index in [0.29, 0.717) is 12.1 Å². The first-order valence-corrected chi connectivity index (χ1v) is 4.23. The fourth-order valence-electron chi connectivity index (χ4n) is 1.24. The van der Waals surface area contributed by atoms with Gasteiger partial charge in [0.25, 0.3) is 0 Å². The Morgan fingerprint density at radius 3 is 2.18 bits per heavy atom. The summed E-state index contributed by atoms with van der Waals surface area (Å²) >= 11 is 3.70. The van der Waals surface area contributed by atoms with Crippen molar-refractivity contribution in [3.63, 3.8) is 0 Å². The highest BCUT2D eigenvalue weighted by Crippen LogP contribution is 2.13. The van der Waals surface area contributed by atoms with Crippen LogP contribution in [0.3, 0.4) is 0 Å². The minimum Gasteiger partial charge on any atom is -0.753 e. The Hall–Kier alpha value is -0.280. The lowest BCUT2D eigenvalue weighted by molar-refractivity contribution is -0.429. The van der Waals surface area contributed by atoms with Crippen LogP contribution in [0.2, 0.25) is 0 Å². The van der Waals surface area contributed by atoms with Gasteiger partial charge in [-0.2, -0.15) is 5.16 Å². The number of hydrogen-bond donors (Lipinski definition) is 2. The molecule has 64 valence electrons. The van der Waals surface area contributed by atoms with Gasteiger partial charge in [0.05, 0.1) is 12.1 Å². The van der Waals surface area contributed by atoms with Crippen LogP contribution in [-0.4, -0.2) is 17.2 Å². The van der Waals surface area contributed by atoms with Crippen LogP contribution in [0, 0.1) is 0 Å². The van der Waals surface area contributed by atoms with E-state index in [1.807, 2.05) is 0 Å². The van der Waals surface area contributed by atoms with E-state index in [2.05, 4.69) is 18.0 Å². The zero-order chi connectivity index (χ0) is 8.69. The van der Waals surface area contributed by atoms with Gasteiger partial charge in [0.2, 0.25) is 0 Å². The molecule has 0 aromatic heterocycles. The van der Waals surface area contributed by atoms with Gasteiger partial charge >= 0.3 is 0 Å². The van der Waals surface area contributed by atoms with Crippen molar-refractivity contribution < 1.29 is 5.73 Å². The Morgan fingerprint density at radius 2 is 1.91 bits per heavy atom. The molecule has 0 amide bonds. The zero-order valence-corrected chi connectivity index (χ0v) is 7.44. The number of nitrogens with zero attached hydrogens (tertiary/aromatic N) is 1. The average molecular weight is 173 g/mol. The van der Waals surface area contributed by atoms with Crippen LogP contribution in [-0.2, 0) is 0 Å². The molecule has 1 aliphatic carbocycles. The van der Waals surface area contributed by atoms with E-state index in [1.54, 1.807) is 0 Å². The number of isothiocyanates is 1. The van der Waals surface area contributed by atoms with E-state index in [0.717, 1.165) is 0 Å². The Balaban J connectivity index is 0.000000292. The molecule has 0 aliphatic heterocycles. The standard InChI is InChI=1S/C6H14N2.CNS/c7-5-3-1-2-4-6(5)8;2-1-3/h5-6H,1-4,7-8H2;/q;-1/p+1/t5-,6-;/m0./s1. The van der Waals surface area contributed by atoms with Crippen LogP contribution < -0.4 is 11.5 Å². The summed E-state index contributed by atoms with van der Waals surface area (Å²) < 4.78 is 0. The predicted octanol–water partition coefficient (Wildman–Crippen LogP) is 0.157. The van der Waals surface area contributed by atoms with Crippen molar-refractivity contribution in [3.05, 3.63) is 5.41 Å². The van der Waals surface area contributed by atoms with Gasteiger partial charge in [0.1, 0.15) is 0 Å². The Morgan fingerprint density at radius 1 is 1.45 bits per heavy atom. The van der Waals surface area contributed by atoms with E-state index < -0.39 is 0 Å². The number of quaternary nitrogens is 1. The first-order chi connectivity index (χ1) is 5.22. The number of thiocarbonyl (C=S) groups is 1. The van der Waals surface area contributed by atoms with Crippen molar-refractivity contribution in [1.29, 1.82) is 0 Å². The molecule has 1 saturated carbocycles. The smallest absolute Gasteiger partial charge is 0.0996 e. The van der Waals surface area contributed by atoms with Gasteiger partial charge in [0, 0.05) is 6.42 Å². The van der Waals surface area contributed by atoms with E-state index in [1.165, 1.54) is 30.8 Å². The van der Waals surface area contributed by atoms with Crippen LogP contribution in [0.1, 0.15) is 25.7 Å². The predicted molar refractivity (Wildman–Crippen MR) is 49.1 cm³/mol. The minimum absolute atomic E-state index is 0.392. The normalized spacial score (nSPS) is 29.6. The quantitative estimate of drug-likeness (QED) is 0.404. The van der Waals surface area contributed by atoms with E-state index in [-0.39, 0.29) is 0 Å². The number of rotatable bonds is 0. The molecule has 0 aromatic carbocycles. The van der Waals surface area contributed by atoms with E-state index >= 15 is 0 Å². The maximum Gasteiger partial charge on any atom is 0.0996 e. The monoisotopic (exact) mass is 173 g/mol. The van der Waals surface area contributed by atoms with Gasteiger partial charge in [-0.05, 0) is 12.8 Å². The maximum absolute atomic E-state index is 7.13. The van der Waals surface area contributed by atoms with Crippen LogP contribution in [0.25, 0.3) is 5.41 Å². The summed E-state index contributed by atoms with van der Waals surface area (Å²) in [7, 11) is 0. The number of nitrogens with two attached hydrogens (primary N) is 1. The van der Waals surface area contributed by atoms with E-state index in [9.17, 15) is 0 Å². The fourth-order valence-corrected chi connectivity index (χ4v) is 1.24. The average Bonchev–Trinajstić information content (AvgIpc) is 1.97. The van der Waals surface area contributed by atoms with Crippen molar-refractivity contribution in [2.24, 2.45) is 5.73 Å². The van der Waals surface area contributed by atoms with Gasteiger partial charge in [-0.1, -0.05) is 18.6 Å². The lowest BCUT2D eigenvalue weighted by Crippen LogP contribution is -2.69. The summed E-state index contributed by atoms with van der Waals surface area (Å²) in [6.45, 7) is 0. The molecular formula is C7H15N3S. The third-order valence-corrected chi connectivity index (χ3v) is 1.97. The Kier molecular flexibility index (Phi) is 6.27. The van der Waals surface area contributed by atoms with Gasteiger partial charge in [-0.3, -0.25) is 0 Å². The molecule has 1 rings (SSSR count). The Labute approximate surface area is 72.7 Å². The van der Waals surface area contributed by atoms with E-state index in [4.69, 9.17) is 11.1 Å². The summed E-state index contributed by atoms with van der Waals surface area (Å²) in [5, 5.41) is 8.47. The molecule has 0 spiro atoms. The fraction of sp³-hybridized carbons (Fsp3) is 0.857. The highest BCUT2D eigenvalue weighted by Gasteiger charge is 2.19. The molecule has 1 aliphatic rings. The van der Waals surface area contributed by atoms with Crippen LogP contribution >= 0.6 is 12.2 Å². The molecular weight excluding hydrogens is 158 g/mol. The summed E-state index contributed by atoms with van der Waals surface area (Å²) in [5.74, 6) is 0. The lowest BCUT2D eigenvalue weighted by atomic mass is 9.92. The van der Waals surface area contributed by atoms with Crippen LogP contribution in [0.4, 0.5) is 0 Å². The lowest BCUT2D eigenvalue weighted by Gasteiger charge is -2.21. The van der Waals surface area contributed by atoms with Crippen molar-refractivity contribution in [1.82, 2.24) is 0 Å². The molecule has 0 radical (unpaired) electrons. The maximum atomic E-state index is 7.13. The highest BCUT2D eigenvalue weighted by atomic mass is 32.1. The van der Waals surface area contributed by atoms with Gasteiger partial charge in [-0.25, -0.2) is 0 Å². The molecule has 0 aromatic rings. The largest absolute Gasteiger partial charge is 0.753 e. The zero-order valence-electron chi connectivity index (χ0n) is 6.62. The first-order valence-electron chi connectivity index (χ1n) is 3.82. The first kappa shape index (κ1) is 10.7. The number of hydrogen-bond acceptors (Lipinski definition) is 2. The second-order valence-corrected chi connectivity index (χ2v) is 2.98. The van der Waals surface area contributed by atoms with Gasteiger partial charge in [-0.15, -0.1) is 0 Å². The summed E-state index contributed by atoms with van der Waals surface area (Å²) in [4.78, 5) is 0. The molecule has 3 nitrogen and oxygen atoms in total. The van der Waals surface area contributed by atoms with Crippen molar-refractivity contribution in [2.75, 3.05) is 0 Å². The van der Waals surface area contributed by atoms with Gasteiger partial charge < -0.3 is 16.9 Å². The van der Waals surface area contributed by atoms with Gasteiger partial charge in [0.15, 0.2) is 0 Å². The molecule has 5 N–H and O–H groups in total. The molecule has 1 fully saturated rings.